The number of hydrogen-bond acceptors (Lipinski definition) is 2. The van der Waals surface area contributed by atoms with E-state index in [2.05, 4.69) is 4.98 Å². The van der Waals surface area contributed by atoms with Crippen LogP contribution in [0.1, 0.15) is 25.1 Å². The second-order valence-electron chi connectivity index (χ2n) is 4.97. The smallest absolute Gasteiger partial charge is 0.158 e. The van der Waals surface area contributed by atoms with Crippen molar-refractivity contribution in [3.63, 3.8) is 0 Å². The van der Waals surface area contributed by atoms with Crippen molar-refractivity contribution in [2.75, 3.05) is 0 Å². The minimum atomic E-state index is -1.61. The molecule has 1 N–H and O–H groups in total. The van der Waals surface area contributed by atoms with E-state index >= 15 is 0 Å². The molecule has 0 saturated heterocycles. The van der Waals surface area contributed by atoms with Crippen LogP contribution in [0.2, 0.25) is 0 Å². The summed E-state index contributed by atoms with van der Waals surface area (Å²) in [5.74, 6) is -1.62. The van der Waals surface area contributed by atoms with E-state index in [0.717, 1.165) is 0 Å². The Morgan fingerprint density at radius 1 is 1.05 bits per heavy atom. The summed E-state index contributed by atoms with van der Waals surface area (Å²) in [5.41, 5.74) is -1.28. The Labute approximate surface area is 110 Å². The number of rotatable bonds is 2. The van der Waals surface area contributed by atoms with Crippen LogP contribution < -0.4 is 0 Å². The standard InChI is InChI=1S/C15H15F2NO/c1-9-12(16)11(15(2,3)19)13(17)14(18-9)10-7-5-4-6-8-10/h4-8,19H,1-3H3. The average Bonchev–Trinajstić information content (AvgIpc) is 2.33. The van der Waals surface area contributed by atoms with Gasteiger partial charge < -0.3 is 5.11 Å². The van der Waals surface area contributed by atoms with Crippen molar-refractivity contribution in [3.05, 3.63) is 53.2 Å². The zero-order chi connectivity index (χ0) is 14.2. The van der Waals surface area contributed by atoms with E-state index < -0.39 is 17.2 Å². The molecule has 0 aliphatic heterocycles. The summed E-state index contributed by atoms with van der Waals surface area (Å²) in [6.07, 6.45) is 0. The number of pyridine rings is 1. The third-order valence-corrected chi connectivity index (χ3v) is 2.90. The van der Waals surface area contributed by atoms with E-state index in [0.29, 0.717) is 5.56 Å². The van der Waals surface area contributed by atoms with Gasteiger partial charge in [0.2, 0.25) is 0 Å². The molecule has 0 fully saturated rings. The van der Waals surface area contributed by atoms with Crippen molar-refractivity contribution in [2.45, 2.75) is 26.4 Å². The highest BCUT2D eigenvalue weighted by molar-refractivity contribution is 5.61. The lowest BCUT2D eigenvalue weighted by Gasteiger charge is -2.21. The molecule has 19 heavy (non-hydrogen) atoms. The van der Waals surface area contributed by atoms with Gasteiger partial charge >= 0.3 is 0 Å². The molecule has 1 aromatic carbocycles. The molecule has 4 heteroatoms. The minimum absolute atomic E-state index is 0.0524. The van der Waals surface area contributed by atoms with Crippen molar-refractivity contribution < 1.29 is 13.9 Å². The maximum Gasteiger partial charge on any atom is 0.158 e. The predicted molar refractivity (Wildman–Crippen MR) is 69.6 cm³/mol. The van der Waals surface area contributed by atoms with Gasteiger partial charge in [-0.1, -0.05) is 30.3 Å². The maximum absolute atomic E-state index is 14.4. The van der Waals surface area contributed by atoms with E-state index in [4.69, 9.17) is 0 Å². The molecule has 0 aliphatic rings. The first-order valence-electron chi connectivity index (χ1n) is 5.96. The van der Waals surface area contributed by atoms with E-state index in [1.807, 2.05) is 0 Å². The predicted octanol–water partition coefficient (Wildman–Crippen LogP) is 3.56. The van der Waals surface area contributed by atoms with Crippen LogP contribution in [-0.2, 0) is 5.60 Å². The Bertz CT molecular complexity index is 604. The second kappa shape index (κ2) is 4.70. The highest BCUT2D eigenvalue weighted by atomic mass is 19.1. The molecular weight excluding hydrogens is 248 g/mol. The molecule has 2 aromatic rings. The molecule has 0 radical (unpaired) electrons. The number of aryl methyl sites for hydroxylation is 1. The highest BCUT2D eigenvalue weighted by Gasteiger charge is 2.29. The van der Waals surface area contributed by atoms with Crippen LogP contribution in [0, 0.1) is 18.6 Å². The Morgan fingerprint density at radius 3 is 2.16 bits per heavy atom. The van der Waals surface area contributed by atoms with Crippen molar-refractivity contribution in [1.82, 2.24) is 4.98 Å². The molecule has 0 amide bonds. The number of nitrogens with zero attached hydrogens (tertiary/aromatic N) is 1. The van der Waals surface area contributed by atoms with Crippen molar-refractivity contribution >= 4 is 0 Å². The summed E-state index contributed by atoms with van der Waals surface area (Å²) in [6.45, 7) is 4.15. The van der Waals surface area contributed by atoms with Crippen molar-refractivity contribution in [1.29, 1.82) is 0 Å². The third-order valence-electron chi connectivity index (χ3n) is 2.90. The van der Waals surface area contributed by atoms with Crippen molar-refractivity contribution in [2.24, 2.45) is 0 Å². The number of aliphatic hydroxyl groups is 1. The number of benzene rings is 1. The molecule has 2 rings (SSSR count). The fourth-order valence-corrected chi connectivity index (χ4v) is 1.99. The molecule has 0 atom stereocenters. The Morgan fingerprint density at radius 2 is 1.63 bits per heavy atom. The maximum atomic E-state index is 14.4. The van der Waals surface area contributed by atoms with Gasteiger partial charge in [0.25, 0.3) is 0 Å². The zero-order valence-corrected chi connectivity index (χ0v) is 11.0. The van der Waals surface area contributed by atoms with Crippen LogP contribution in [0.4, 0.5) is 8.78 Å². The molecule has 0 unspecified atom stereocenters. The summed E-state index contributed by atoms with van der Waals surface area (Å²) in [6, 6.07) is 8.68. The van der Waals surface area contributed by atoms with E-state index in [9.17, 15) is 13.9 Å². The van der Waals surface area contributed by atoms with Gasteiger partial charge in [0.15, 0.2) is 11.6 Å². The topological polar surface area (TPSA) is 33.1 Å². The van der Waals surface area contributed by atoms with Crippen LogP contribution in [0.25, 0.3) is 11.3 Å². The minimum Gasteiger partial charge on any atom is -0.386 e. The summed E-state index contributed by atoms with van der Waals surface area (Å²) >= 11 is 0. The van der Waals surface area contributed by atoms with Gasteiger partial charge in [-0.3, -0.25) is 0 Å². The lowest BCUT2D eigenvalue weighted by Crippen LogP contribution is -2.22. The quantitative estimate of drug-likeness (QED) is 0.898. The van der Waals surface area contributed by atoms with Gasteiger partial charge in [-0.15, -0.1) is 0 Å². The number of aromatic nitrogens is 1. The van der Waals surface area contributed by atoms with Gasteiger partial charge in [0.1, 0.15) is 5.69 Å². The molecule has 0 bridgehead atoms. The van der Waals surface area contributed by atoms with E-state index in [-0.39, 0.29) is 17.0 Å². The van der Waals surface area contributed by atoms with Gasteiger partial charge in [0, 0.05) is 5.56 Å². The molecule has 0 spiro atoms. The summed E-state index contributed by atoms with van der Waals surface area (Å²) in [5, 5.41) is 9.94. The molecule has 2 nitrogen and oxygen atoms in total. The summed E-state index contributed by atoms with van der Waals surface area (Å²) in [7, 11) is 0. The van der Waals surface area contributed by atoms with Crippen LogP contribution in [0.3, 0.4) is 0 Å². The molecule has 1 heterocycles. The van der Waals surface area contributed by atoms with Gasteiger partial charge in [-0.25, -0.2) is 13.8 Å². The Hall–Kier alpha value is -1.81. The van der Waals surface area contributed by atoms with Gasteiger partial charge in [0.05, 0.1) is 16.9 Å². The van der Waals surface area contributed by atoms with E-state index in [1.165, 1.54) is 20.8 Å². The zero-order valence-electron chi connectivity index (χ0n) is 11.0. The van der Waals surface area contributed by atoms with Crippen molar-refractivity contribution in [3.8, 4) is 11.3 Å². The molecule has 0 saturated carbocycles. The first-order chi connectivity index (χ1) is 8.82. The first-order valence-corrected chi connectivity index (χ1v) is 5.96. The Balaban J connectivity index is 2.76. The molecule has 0 aliphatic carbocycles. The fourth-order valence-electron chi connectivity index (χ4n) is 1.99. The van der Waals surface area contributed by atoms with Crippen LogP contribution in [-0.4, -0.2) is 10.1 Å². The van der Waals surface area contributed by atoms with Gasteiger partial charge in [-0.05, 0) is 20.8 Å². The van der Waals surface area contributed by atoms with E-state index in [1.54, 1.807) is 30.3 Å². The molecular formula is C15H15F2NO. The summed E-state index contributed by atoms with van der Waals surface area (Å²) < 4.78 is 28.4. The molecule has 100 valence electrons. The second-order valence-corrected chi connectivity index (χ2v) is 4.97. The molecule has 1 aromatic heterocycles. The lowest BCUT2D eigenvalue weighted by atomic mass is 9.94. The lowest BCUT2D eigenvalue weighted by molar-refractivity contribution is 0.0699. The SMILES string of the molecule is Cc1nc(-c2ccccc2)c(F)c(C(C)(C)O)c1F. The number of hydrogen-bond donors (Lipinski definition) is 1. The normalized spacial score (nSPS) is 11.7. The number of halogens is 2. The van der Waals surface area contributed by atoms with Crippen LogP contribution in [0.5, 0.6) is 0 Å². The van der Waals surface area contributed by atoms with Crippen LogP contribution >= 0.6 is 0 Å². The largest absolute Gasteiger partial charge is 0.386 e. The van der Waals surface area contributed by atoms with Crippen LogP contribution in [0.15, 0.2) is 30.3 Å². The average molecular weight is 263 g/mol. The summed E-state index contributed by atoms with van der Waals surface area (Å²) in [4.78, 5) is 3.96. The fraction of sp³-hybridized carbons (Fsp3) is 0.267. The monoisotopic (exact) mass is 263 g/mol. The highest BCUT2D eigenvalue weighted by Crippen LogP contribution is 2.32. The first kappa shape index (κ1) is 13.6. The Kier molecular flexibility index (Phi) is 3.37. The third kappa shape index (κ3) is 2.49. The van der Waals surface area contributed by atoms with Gasteiger partial charge in [-0.2, -0.15) is 0 Å².